The molecule has 1 amide bonds. The van der Waals surface area contributed by atoms with Crippen LogP contribution in [0.4, 0.5) is 0 Å². The van der Waals surface area contributed by atoms with Gasteiger partial charge in [-0.2, -0.15) is 0 Å². The number of pyridine rings is 1. The second kappa shape index (κ2) is 6.87. The molecule has 130 valence electrons. The molecular formula is C21H24N2O2. The van der Waals surface area contributed by atoms with Gasteiger partial charge in [0.15, 0.2) is 0 Å². The number of fused-ring (bicyclic) bond motifs is 1. The summed E-state index contributed by atoms with van der Waals surface area (Å²) in [4.78, 5) is 19.9. The third-order valence-corrected chi connectivity index (χ3v) is 5.08. The standard InChI is InChI=1S/C21H24N2O2/c1-2-23(18-10-5-7-15-8-6-14-22-20(15)18)21(24)17-9-3-4-11-19(17)25-16-12-13-16/h3-4,6,8-9,11,14,16,18H,2,5,7,10,12-13H2,1H3. The number of para-hydroxylation sites is 1. The van der Waals surface area contributed by atoms with E-state index >= 15 is 0 Å². The normalized spacial score (nSPS) is 19.2. The number of nitrogens with zero attached hydrogens (tertiary/aromatic N) is 2. The van der Waals surface area contributed by atoms with Crippen molar-refractivity contribution in [1.82, 2.24) is 9.88 Å². The first kappa shape index (κ1) is 16.1. The molecule has 0 bridgehead atoms. The van der Waals surface area contributed by atoms with Crippen LogP contribution in [0.15, 0.2) is 42.6 Å². The monoisotopic (exact) mass is 336 g/mol. The van der Waals surface area contributed by atoms with Crippen molar-refractivity contribution >= 4 is 5.91 Å². The molecule has 2 aromatic rings. The minimum atomic E-state index is 0.0438. The molecule has 0 aliphatic heterocycles. The summed E-state index contributed by atoms with van der Waals surface area (Å²) in [5, 5.41) is 0. The van der Waals surface area contributed by atoms with Crippen molar-refractivity contribution in [3.8, 4) is 5.75 Å². The molecule has 0 spiro atoms. The summed E-state index contributed by atoms with van der Waals surface area (Å²) in [5.74, 6) is 0.757. The maximum absolute atomic E-state index is 13.3. The summed E-state index contributed by atoms with van der Waals surface area (Å²) in [5.41, 5.74) is 3.00. The van der Waals surface area contributed by atoms with E-state index in [9.17, 15) is 4.79 Å². The van der Waals surface area contributed by atoms with Gasteiger partial charge < -0.3 is 9.64 Å². The van der Waals surface area contributed by atoms with Crippen LogP contribution < -0.4 is 4.74 Å². The highest BCUT2D eigenvalue weighted by Crippen LogP contribution is 2.35. The molecule has 25 heavy (non-hydrogen) atoms. The first-order chi connectivity index (χ1) is 12.3. The fraction of sp³-hybridized carbons (Fsp3) is 0.429. The molecule has 2 aliphatic carbocycles. The van der Waals surface area contributed by atoms with Crippen LogP contribution in [0.3, 0.4) is 0 Å². The van der Waals surface area contributed by atoms with Crippen molar-refractivity contribution < 1.29 is 9.53 Å². The Balaban J connectivity index is 1.65. The van der Waals surface area contributed by atoms with E-state index in [2.05, 4.69) is 11.1 Å². The fourth-order valence-electron chi connectivity index (χ4n) is 3.66. The number of hydrogen-bond donors (Lipinski definition) is 0. The molecule has 1 aromatic heterocycles. The van der Waals surface area contributed by atoms with Crippen LogP contribution in [0.5, 0.6) is 5.75 Å². The second-order valence-electron chi connectivity index (χ2n) is 6.86. The number of hydrogen-bond acceptors (Lipinski definition) is 3. The predicted octanol–water partition coefficient (Wildman–Crippen LogP) is 4.16. The van der Waals surface area contributed by atoms with Crippen molar-refractivity contribution in [1.29, 1.82) is 0 Å². The minimum Gasteiger partial charge on any atom is -0.490 e. The molecule has 4 rings (SSSR count). The van der Waals surface area contributed by atoms with E-state index in [0.29, 0.717) is 17.9 Å². The average molecular weight is 336 g/mol. The largest absolute Gasteiger partial charge is 0.490 e. The van der Waals surface area contributed by atoms with Gasteiger partial charge in [0, 0.05) is 12.7 Å². The van der Waals surface area contributed by atoms with Crippen LogP contribution in [-0.4, -0.2) is 28.4 Å². The number of aromatic nitrogens is 1. The highest BCUT2D eigenvalue weighted by atomic mass is 16.5. The topological polar surface area (TPSA) is 42.4 Å². The molecule has 1 fully saturated rings. The lowest BCUT2D eigenvalue weighted by Gasteiger charge is -2.34. The van der Waals surface area contributed by atoms with E-state index in [1.165, 1.54) is 5.56 Å². The number of carbonyl (C=O) groups excluding carboxylic acids is 1. The first-order valence-electron chi connectivity index (χ1n) is 9.28. The Kier molecular flexibility index (Phi) is 4.43. The van der Waals surface area contributed by atoms with E-state index in [1.54, 1.807) is 0 Å². The molecule has 2 aliphatic rings. The van der Waals surface area contributed by atoms with Crippen molar-refractivity contribution in [2.45, 2.75) is 51.2 Å². The van der Waals surface area contributed by atoms with Crippen LogP contribution >= 0.6 is 0 Å². The number of carbonyl (C=O) groups is 1. The van der Waals surface area contributed by atoms with E-state index in [0.717, 1.165) is 37.8 Å². The molecule has 1 unspecified atom stereocenters. The Morgan fingerprint density at radius 2 is 2.04 bits per heavy atom. The Morgan fingerprint density at radius 3 is 2.84 bits per heavy atom. The summed E-state index contributed by atoms with van der Waals surface area (Å²) in [6, 6.07) is 11.8. The zero-order valence-corrected chi connectivity index (χ0v) is 14.6. The van der Waals surface area contributed by atoms with E-state index in [-0.39, 0.29) is 18.1 Å². The van der Waals surface area contributed by atoms with Crippen molar-refractivity contribution in [2.24, 2.45) is 0 Å². The molecule has 1 atom stereocenters. The van der Waals surface area contributed by atoms with Gasteiger partial charge in [0.2, 0.25) is 0 Å². The second-order valence-corrected chi connectivity index (χ2v) is 6.86. The fourth-order valence-corrected chi connectivity index (χ4v) is 3.66. The van der Waals surface area contributed by atoms with Crippen LogP contribution in [0.25, 0.3) is 0 Å². The first-order valence-corrected chi connectivity index (χ1v) is 9.28. The number of ether oxygens (including phenoxy) is 1. The minimum absolute atomic E-state index is 0.0438. The summed E-state index contributed by atoms with van der Waals surface area (Å²) >= 11 is 0. The quantitative estimate of drug-likeness (QED) is 0.823. The molecule has 4 heteroatoms. The van der Waals surface area contributed by atoms with Gasteiger partial charge in [0.1, 0.15) is 5.75 Å². The number of benzene rings is 1. The van der Waals surface area contributed by atoms with Gasteiger partial charge >= 0.3 is 0 Å². The number of aryl methyl sites for hydroxylation is 1. The summed E-state index contributed by atoms with van der Waals surface area (Å²) in [7, 11) is 0. The Morgan fingerprint density at radius 1 is 1.20 bits per heavy atom. The van der Waals surface area contributed by atoms with Crippen LogP contribution in [0.2, 0.25) is 0 Å². The lowest BCUT2D eigenvalue weighted by atomic mass is 9.90. The maximum atomic E-state index is 13.3. The van der Waals surface area contributed by atoms with E-state index in [4.69, 9.17) is 4.74 Å². The smallest absolute Gasteiger partial charge is 0.258 e. The van der Waals surface area contributed by atoms with E-state index in [1.807, 2.05) is 48.4 Å². The molecule has 0 saturated heterocycles. The zero-order chi connectivity index (χ0) is 17.2. The molecular weight excluding hydrogens is 312 g/mol. The lowest BCUT2D eigenvalue weighted by Crippen LogP contribution is -2.37. The Labute approximate surface area is 148 Å². The average Bonchev–Trinajstić information content (AvgIpc) is 3.47. The maximum Gasteiger partial charge on any atom is 0.258 e. The van der Waals surface area contributed by atoms with Crippen LogP contribution in [-0.2, 0) is 6.42 Å². The third kappa shape index (κ3) is 3.26. The third-order valence-electron chi connectivity index (χ3n) is 5.08. The summed E-state index contributed by atoms with van der Waals surface area (Å²) < 4.78 is 5.97. The number of amides is 1. The Hall–Kier alpha value is -2.36. The van der Waals surface area contributed by atoms with Crippen molar-refractivity contribution in [3.63, 3.8) is 0 Å². The van der Waals surface area contributed by atoms with Gasteiger partial charge in [0.25, 0.3) is 5.91 Å². The highest BCUT2D eigenvalue weighted by molar-refractivity contribution is 5.97. The number of rotatable bonds is 5. The van der Waals surface area contributed by atoms with Crippen LogP contribution in [0.1, 0.15) is 60.3 Å². The highest BCUT2D eigenvalue weighted by Gasteiger charge is 2.32. The van der Waals surface area contributed by atoms with Gasteiger partial charge in [-0.1, -0.05) is 18.2 Å². The lowest BCUT2D eigenvalue weighted by molar-refractivity contribution is 0.0660. The van der Waals surface area contributed by atoms with Gasteiger partial charge in [-0.3, -0.25) is 9.78 Å². The molecule has 1 aromatic carbocycles. The van der Waals surface area contributed by atoms with Gasteiger partial charge in [0.05, 0.1) is 23.4 Å². The molecule has 4 nitrogen and oxygen atoms in total. The summed E-state index contributed by atoms with van der Waals surface area (Å²) in [6.45, 7) is 2.71. The van der Waals surface area contributed by atoms with Gasteiger partial charge in [-0.05, 0) is 62.8 Å². The predicted molar refractivity (Wildman–Crippen MR) is 96.7 cm³/mol. The van der Waals surface area contributed by atoms with Crippen molar-refractivity contribution in [2.75, 3.05) is 6.54 Å². The zero-order valence-electron chi connectivity index (χ0n) is 14.6. The Bertz CT molecular complexity index is 770. The van der Waals surface area contributed by atoms with E-state index < -0.39 is 0 Å². The molecule has 1 heterocycles. The van der Waals surface area contributed by atoms with Crippen LogP contribution in [0, 0.1) is 0 Å². The molecule has 0 N–H and O–H groups in total. The summed E-state index contributed by atoms with van der Waals surface area (Å²) in [6.07, 6.45) is 7.38. The van der Waals surface area contributed by atoms with Crippen molar-refractivity contribution in [3.05, 3.63) is 59.4 Å². The SMILES string of the molecule is CCN(C(=O)c1ccccc1OC1CC1)C1CCCc2cccnc21. The van der Waals surface area contributed by atoms with Gasteiger partial charge in [-0.15, -0.1) is 0 Å². The molecule has 1 saturated carbocycles. The molecule has 0 radical (unpaired) electrons. The van der Waals surface area contributed by atoms with Gasteiger partial charge in [-0.25, -0.2) is 0 Å².